The zero-order valence-corrected chi connectivity index (χ0v) is 14.0. The van der Waals surface area contributed by atoms with Crippen molar-refractivity contribution in [2.45, 2.75) is 84.6 Å². The van der Waals surface area contributed by atoms with Crippen molar-refractivity contribution in [3.8, 4) is 0 Å². The molecule has 0 radical (unpaired) electrons. The second-order valence-electron chi connectivity index (χ2n) is 7.17. The Morgan fingerprint density at radius 1 is 1.25 bits per heavy atom. The van der Waals surface area contributed by atoms with Crippen LogP contribution >= 0.6 is 0 Å². The average Bonchev–Trinajstić information content (AvgIpc) is 2.86. The van der Waals surface area contributed by atoms with Crippen LogP contribution in [0.5, 0.6) is 0 Å². The highest BCUT2D eigenvalue weighted by molar-refractivity contribution is 5.86. The molecule has 0 aromatic rings. The van der Waals surface area contributed by atoms with Gasteiger partial charge in [-0.1, -0.05) is 53.4 Å². The van der Waals surface area contributed by atoms with E-state index in [4.69, 9.17) is 0 Å². The summed E-state index contributed by atoms with van der Waals surface area (Å²) in [5.41, 5.74) is -0.0783. The molecule has 1 heterocycles. The van der Waals surface area contributed by atoms with Gasteiger partial charge in [0, 0.05) is 6.54 Å². The SMILES string of the molecule is CCCCCC(C)(C)CNC(=O)C1(CCC)CCCN1. The predicted molar refractivity (Wildman–Crippen MR) is 85.8 cm³/mol. The third-order valence-electron chi connectivity index (χ3n) is 4.54. The van der Waals surface area contributed by atoms with Crippen LogP contribution in [0.25, 0.3) is 0 Å². The van der Waals surface area contributed by atoms with Crippen LogP contribution in [0.1, 0.15) is 79.1 Å². The van der Waals surface area contributed by atoms with Crippen LogP contribution in [-0.2, 0) is 4.79 Å². The van der Waals surface area contributed by atoms with E-state index in [0.717, 1.165) is 38.8 Å². The molecule has 1 saturated heterocycles. The Morgan fingerprint density at radius 2 is 2.00 bits per heavy atom. The van der Waals surface area contributed by atoms with Gasteiger partial charge in [-0.05, 0) is 37.6 Å². The molecular weight excluding hydrogens is 248 g/mol. The largest absolute Gasteiger partial charge is 0.354 e. The monoisotopic (exact) mass is 282 g/mol. The van der Waals surface area contributed by atoms with Gasteiger partial charge in [-0.25, -0.2) is 0 Å². The van der Waals surface area contributed by atoms with Crippen molar-refractivity contribution in [3.63, 3.8) is 0 Å². The fourth-order valence-electron chi connectivity index (χ4n) is 3.18. The lowest BCUT2D eigenvalue weighted by atomic mass is 9.85. The topological polar surface area (TPSA) is 41.1 Å². The first kappa shape index (κ1) is 17.5. The minimum atomic E-state index is -0.283. The van der Waals surface area contributed by atoms with Crippen LogP contribution in [0.4, 0.5) is 0 Å². The first-order valence-corrected chi connectivity index (χ1v) is 8.49. The number of carbonyl (C=O) groups excluding carboxylic acids is 1. The van der Waals surface area contributed by atoms with E-state index in [-0.39, 0.29) is 16.9 Å². The summed E-state index contributed by atoms with van der Waals surface area (Å²) in [7, 11) is 0. The summed E-state index contributed by atoms with van der Waals surface area (Å²) in [6.45, 7) is 10.7. The summed E-state index contributed by atoms with van der Waals surface area (Å²) in [5.74, 6) is 0.223. The van der Waals surface area contributed by atoms with Crippen molar-refractivity contribution in [1.82, 2.24) is 10.6 Å². The summed E-state index contributed by atoms with van der Waals surface area (Å²) < 4.78 is 0. The molecule has 1 atom stereocenters. The lowest BCUT2D eigenvalue weighted by molar-refractivity contribution is -0.127. The van der Waals surface area contributed by atoms with Gasteiger partial charge in [0.05, 0.1) is 5.54 Å². The van der Waals surface area contributed by atoms with Gasteiger partial charge in [0.2, 0.25) is 5.91 Å². The van der Waals surface area contributed by atoms with E-state index in [1.54, 1.807) is 0 Å². The van der Waals surface area contributed by atoms with E-state index in [0.29, 0.717) is 0 Å². The molecule has 1 fully saturated rings. The molecule has 2 N–H and O–H groups in total. The van der Waals surface area contributed by atoms with Crippen LogP contribution in [0, 0.1) is 5.41 Å². The molecule has 3 nitrogen and oxygen atoms in total. The van der Waals surface area contributed by atoms with Gasteiger partial charge in [-0.2, -0.15) is 0 Å². The number of nitrogens with one attached hydrogen (secondary N) is 2. The maximum absolute atomic E-state index is 12.6. The van der Waals surface area contributed by atoms with E-state index < -0.39 is 0 Å². The molecule has 20 heavy (non-hydrogen) atoms. The molecule has 0 bridgehead atoms. The Balaban J connectivity index is 2.44. The molecule has 0 aliphatic carbocycles. The lowest BCUT2D eigenvalue weighted by Gasteiger charge is -2.31. The molecule has 1 unspecified atom stereocenters. The van der Waals surface area contributed by atoms with Crippen LogP contribution in [0.2, 0.25) is 0 Å². The fourth-order valence-corrected chi connectivity index (χ4v) is 3.18. The maximum atomic E-state index is 12.6. The minimum absolute atomic E-state index is 0.205. The second kappa shape index (κ2) is 8.02. The van der Waals surface area contributed by atoms with E-state index in [9.17, 15) is 4.79 Å². The number of carbonyl (C=O) groups is 1. The van der Waals surface area contributed by atoms with Gasteiger partial charge in [-0.15, -0.1) is 0 Å². The number of unbranched alkanes of at least 4 members (excludes halogenated alkanes) is 2. The molecule has 118 valence electrons. The number of hydrogen-bond acceptors (Lipinski definition) is 2. The zero-order valence-electron chi connectivity index (χ0n) is 14.0. The van der Waals surface area contributed by atoms with E-state index in [1.807, 2.05) is 0 Å². The predicted octanol–water partition coefficient (Wildman–Crippen LogP) is 3.63. The van der Waals surface area contributed by atoms with Crippen LogP contribution in [-0.4, -0.2) is 24.5 Å². The molecule has 1 amide bonds. The van der Waals surface area contributed by atoms with Gasteiger partial charge in [0.1, 0.15) is 0 Å². The molecule has 1 rings (SSSR count). The molecular formula is C17H34N2O. The van der Waals surface area contributed by atoms with Crippen molar-refractivity contribution in [2.24, 2.45) is 5.41 Å². The number of hydrogen-bond donors (Lipinski definition) is 2. The summed E-state index contributed by atoms with van der Waals surface area (Å²) in [5, 5.41) is 6.66. The zero-order chi connectivity index (χ0) is 15.1. The molecule has 3 heteroatoms. The standard InChI is InChI=1S/C17H34N2O/c1-5-7-8-11-16(3,4)14-18-15(20)17(10-6-2)12-9-13-19-17/h19H,5-14H2,1-4H3,(H,18,20). The Kier molecular flexibility index (Phi) is 7.01. The van der Waals surface area contributed by atoms with Gasteiger partial charge in [0.15, 0.2) is 0 Å². The first-order chi connectivity index (χ1) is 9.46. The first-order valence-electron chi connectivity index (χ1n) is 8.49. The normalized spacial score (nSPS) is 23.0. The van der Waals surface area contributed by atoms with Crippen LogP contribution < -0.4 is 10.6 Å². The van der Waals surface area contributed by atoms with Gasteiger partial charge in [-0.3, -0.25) is 4.79 Å². The third-order valence-corrected chi connectivity index (χ3v) is 4.54. The number of rotatable bonds is 9. The molecule has 0 aromatic carbocycles. The van der Waals surface area contributed by atoms with Gasteiger partial charge >= 0.3 is 0 Å². The maximum Gasteiger partial charge on any atom is 0.240 e. The Hall–Kier alpha value is -0.570. The summed E-state index contributed by atoms with van der Waals surface area (Å²) >= 11 is 0. The molecule has 0 saturated carbocycles. The highest BCUT2D eigenvalue weighted by atomic mass is 16.2. The summed E-state index contributed by atoms with van der Waals surface area (Å²) in [6.07, 6.45) is 9.11. The highest BCUT2D eigenvalue weighted by Crippen LogP contribution is 2.27. The van der Waals surface area contributed by atoms with Crippen molar-refractivity contribution in [2.75, 3.05) is 13.1 Å². The molecule has 1 aliphatic heterocycles. The summed E-state index contributed by atoms with van der Waals surface area (Å²) in [4.78, 5) is 12.6. The second-order valence-corrected chi connectivity index (χ2v) is 7.17. The van der Waals surface area contributed by atoms with Gasteiger partial charge in [0.25, 0.3) is 0 Å². The van der Waals surface area contributed by atoms with Crippen molar-refractivity contribution >= 4 is 5.91 Å². The lowest BCUT2D eigenvalue weighted by Crippen LogP contribution is -2.54. The van der Waals surface area contributed by atoms with Crippen LogP contribution in [0.3, 0.4) is 0 Å². The Labute approximate surface area is 125 Å². The van der Waals surface area contributed by atoms with Crippen molar-refractivity contribution in [1.29, 1.82) is 0 Å². The Bertz CT molecular complexity index is 293. The smallest absolute Gasteiger partial charge is 0.240 e. The molecule has 1 aliphatic rings. The van der Waals surface area contributed by atoms with Crippen LogP contribution in [0.15, 0.2) is 0 Å². The van der Waals surface area contributed by atoms with E-state index in [2.05, 4.69) is 38.3 Å². The van der Waals surface area contributed by atoms with Crippen molar-refractivity contribution < 1.29 is 4.79 Å². The van der Waals surface area contributed by atoms with E-state index in [1.165, 1.54) is 25.7 Å². The quantitative estimate of drug-likeness (QED) is 0.634. The Morgan fingerprint density at radius 3 is 2.55 bits per heavy atom. The number of amides is 1. The average molecular weight is 282 g/mol. The fraction of sp³-hybridized carbons (Fsp3) is 0.941. The molecule has 0 spiro atoms. The van der Waals surface area contributed by atoms with Gasteiger partial charge < -0.3 is 10.6 Å². The van der Waals surface area contributed by atoms with Crippen molar-refractivity contribution in [3.05, 3.63) is 0 Å². The van der Waals surface area contributed by atoms with E-state index >= 15 is 0 Å². The molecule has 0 aromatic heterocycles. The highest BCUT2D eigenvalue weighted by Gasteiger charge is 2.40. The third kappa shape index (κ3) is 5.08. The summed E-state index contributed by atoms with van der Waals surface area (Å²) in [6, 6.07) is 0. The minimum Gasteiger partial charge on any atom is -0.354 e.